The third-order valence-corrected chi connectivity index (χ3v) is 10.1. The largest absolute Gasteiger partial charge is 0.462 e. The van der Waals surface area contributed by atoms with Crippen molar-refractivity contribution in [1.29, 1.82) is 0 Å². The van der Waals surface area contributed by atoms with Gasteiger partial charge in [0.2, 0.25) is 0 Å². The summed E-state index contributed by atoms with van der Waals surface area (Å²) >= 11 is 0. The molecule has 0 amide bonds. The second kappa shape index (κ2) is 6.79. The number of hydrogen-bond acceptors (Lipinski definition) is 6. The minimum atomic E-state index is -0.281. The van der Waals surface area contributed by atoms with Gasteiger partial charge in [-0.3, -0.25) is 14.4 Å². The van der Waals surface area contributed by atoms with Gasteiger partial charge in [-0.2, -0.15) is 0 Å². The Morgan fingerprint density at radius 2 is 1.65 bits per heavy atom. The second-order valence-corrected chi connectivity index (χ2v) is 11.5. The highest BCUT2D eigenvalue weighted by Crippen LogP contribution is 2.74. The van der Waals surface area contributed by atoms with E-state index < -0.39 is 0 Å². The van der Waals surface area contributed by atoms with Crippen molar-refractivity contribution < 1.29 is 28.6 Å². The van der Waals surface area contributed by atoms with E-state index in [0.717, 1.165) is 44.9 Å². The molecule has 6 nitrogen and oxygen atoms in total. The fourth-order valence-electron chi connectivity index (χ4n) is 9.05. The molecule has 10 atom stereocenters. The molecule has 31 heavy (non-hydrogen) atoms. The lowest BCUT2D eigenvalue weighted by Gasteiger charge is -2.61. The average Bonchev–Trinajstić information content (AvgIpc) is 3.22. The van der Waals surface area contributed by atoms with E-state index in [0.29, 0.717) is 11.8 Å². The van der Waals surface area contributed by atoms with Crippen molar-refractivity contribution in [1.82, 2.24) is 0 Å². The van der Waals surface area contributed by atoms with Gasteiger partial charge in [0.15, 0.2) is 0 Å². The maximum atomic E-state index is 12.5. The molecule has 1 heterocycles. The van der Waals surface area contributed by atoms with Crippen LogP contribution in [0.2, 0.25) is 0 Å². The van der Waals surface area contributed by atoms with Crippen LogP contribution in [0.15, 0.2) is 0 Å². The molecule has 6 heteroatoms. The molecular formula is C25H36O6. The molecule has 5 fully saturated rings. The topological polar surface area (TPSA) is 82.2 Å². The summed E-state index contributed by atoms with van der Waals surface area (Å²) in [6, 6.07) is 0. The molecule has 9 unspecified atom stereocenters. The lowest BCUT2D eigenvalue weighted by atomic mass is 9.43. The smallest absolute Gasteiger partial charge is 0.302 e. The van der Waals surface area contributed by atoms with Crippen LogP contribution in [0.5, 0.6) is 0 Å². The van der Waals surface area contributed by atoms with Gasteiger partial charge < -0.3 is 14.2 Å². The number of hydrogen-bond donors (Lipinski definition) is 0. The number of carbonyl (C=O) groups is 3. The minimum absolute atomic E-state index is 0.0517. The van der Waals surface area contributed by atoms with Gasteiger partial charge in [-0.1, -0.05) is 13.8 Å². The molecular weight excluding hydrogens is 396 g/mol. The first kappa shape index (κ1) is 21.4. The molecule has 1 aliphatic heterocycles. The molecule has 0 radical (unpaired) electrons. The third-order valence-electron chi connectivity index (χ3n) is 10.1. The monoisotopic (exact) mass is 432 g/mol. The molecule has 5 aliphatic rings. The first-order valence-corrected chi connectivity index (χ1v) is 12.0. The van der Waals surface area contributed by atoms with Crippen LogP contribution in [0.1, 0.15) is 79.6 Å². The Morgan fingerprint density at radius 3 is 2.29 bits per heavy atom. The van der Waals surface area contributed by atoms with E-state index in [1.807, 2.05) is 0 Å². The van der Waals surface area contributed by atoms with E-state index >= 15 is 0 Å². The zero-order valence-corrected chi connectivity index (χ0v) is 19.4. The zero-order chi connectivity index (χ0) is 22.3. The second-order valence-electron chi connectivity index (χ2n) is 11.5. The van der Waals surface area contributed by atoms with Crippen molar-refractivity contribution in [2.45, 2.75) is 103 Å². The van der Waals surface area contributed by atoms with E-state index in [1.54, 1.807) is 6.92 Å². The van der Waals surface area contributed by atoms with Gasteiger partial charge in [0.1, 0.15) is 23.6 Å². The van der Waals surface area contributed by atoms with Gasteiger partial charge in [0, 0.05) is 37.5 Å². The number of ether oxygens (including phenoxy) is 3. The number of esters is 2. The standard InChI is InChI=1S/C25H36O6/c1-13(26)18-6-7-19-17-10-21-25(31-21)11-16(29-14(2)27)8-9-24(25,5)22(17)20(30-15(3)28)12-23(18,19)4/h16-22H,6-12H2,1-5H3/t16?,17?,18?,19?,20-,21?,22?,23?,24?,25?/m1/s1. The van der Waals surface area contributed by atoms with Crippen LogP contribution in [-0.2, 0) is 28.6 Å². The SMILES string of the molecule is CC(=O)OC1CCC2(C)C3C(CC4OC42C1)C1CCC(C(C)=O)C1(C)C[C@H]3OC(C)=O. The van der Waals surface area contributed by atoms with E-state index in [9.17, 15) is 14.4 Å². The van der Waals surface area contributed by atoms with Crippen LogP contribution in [0.25, 0.3) is 0 Å². The van der Waals surface area contributed by atoms with E-state index in [1.165, 1.54) is 13.8 Å². The summed E-state index contributed by atoms with van der Waals surface area (Å²) in [6.07, 6.45) is 6.07. The van der Waals surface area contributed by atoms with Crippen LogP contribution in [0.4, 0.5) is 0 Å². The van der Waals surface area contributed by atoms with Gasteiger partial charge in [-0.05, 0) is 62.7 Å². The van der Waals surface area contributed by atoms with Crippen molar-refractivity contribution in [2.24, 2.45) is 34.5 Å². The van der Waals surface area contributed by atoms with Gasteiger partial charge in [-0.15, -0.1) is 0 Å². The Morgan fingerprint density at radius 1 is 0.935 bits per heavy atom. The fraction of sp³-hybridized carbons (Fsp3) is 0.880. The highest BCUT2D eigenvalue weighted by atomic mass is 16.6. The molecule has 4 aliphatic carbocycles. The van der Waals surface area contributed by atoms with Gasteiger partial charge in [0.25, 0.3) is 0 Å². The number of ketones is 1. The van der Waals surface area contributed by atoms with Crippen LogP contribution in [0.3, 0.4) is 0 Å². The van der Waals surface area contributed by atoms with Gasteiger partial charge >= 0.3 is 11.9 Å². The molecule has 0 aromatic heterocycles. The predicted octanol–water partition coefficient (Wildman–Crippen LogP) is 3.84. The Bertz CT molecular complexity index is 823. The Kier molecular flexibility index (Phi) is 4.69. The number of fused-ring (bicyclic) bond motifs is 4. The average molecular weight is 433 g/mol. The van der Waals surface area contributed by atoms with Crippen molar-refractivity contribution >= 4 is 17.7 Å². The van der Waals surface area contributed by atoms with E-state index in [2.05, 4.69) is 13.8 Å². The van der Waals surface area contributed by atoms with Crippen LogP contribution in [-0.4, -0.2) is 41.6 Å². The zero-order valence-electron chi connectivity index (χ0n) is 19.4. The van der Waals surface area contributed by atoms with Crippen molar-refractivity contribution in [3.05, 3.63) is 0 Å². The molecule has 0 bridgehead atoms. The molecule has 1 saturated heterocycles. The normalized spacial score (nSPS) is 52.1. The van der Waals surface area contributed by atoms with E-state index in [-0.39, 0.29) is 64.3 Å². The number of carbonyl (C=O) groups excluding carboxylic acids is 3. The first-order valence-electron chi connectivity index (χ1n) is 12.0. The number of Topliss-reactive ketones (excluding diaryl/α,β-unsaturated/α-hetero) is 1. The maximum absolute atomic E-state index is 12.5. The highest BCUT2D eigenvalue weighted by molar-refractivity contribution is 5.79. The quantitative estimate of drug-likeness (QED) is 0.498. The van der Waals surface area contributed by atoms with Crippen LogP contribution < -0.4 is 0 Å². The molecule has 0 aromatic rings. The fourth-order valence-corrected chi connectivity index (χ4v) is 9.05. The van der Waals surface area contributed by atoms with E-state index in [4.69, 9.17) is 14.2 Å². The summed E-state index contributed by atoms with van der Waals surface area (Å²) in [4.78, 5) is 36.2. The summed E-state index contributed by atoms with van der Waals surface area (Å²) in [6.45, 7) is 9.27. The molecule has 5 rings (SSSR count). The number of epoxide rings is 1. The van der Waals surface area contributed by atoms with Gasteiger partial charge in [0.05, 0.1) is 6.10 Å². The lowest BCUT2D eigenvalue weighted by molar-refractivity contribution is -0.194. The summed E-state index contributed by atoms with van der Waals surface area (Å²) < 4.78 is 18.1. The molecule has 0 aromatic carbocycles. The predicted molar refractivity (Wildman–Crippen MR) is 112 cm³/mol. The molecule has 0 N–H and O–H groups in total. The Balaban J connectivity index is 1.51. The summed E-state index contributed by atoms with van der Waals surface area (Å²) in [5.41, 5.74) is -0.516. The number of rotatable bonds is 3. The van der Waals surface area contributed by atoms with Gasteiger partial charge in [-0.25, -0.2) is 0 Å². The van der Waals surface area contributed by atoms with Crippen LogP contribution >= 0.6 is 0 Å². The summed E-state index contributed by atoms with van der Waals surface area (Å²) in [5.74, 6) is 0.919. The summed E-state index contributed by atoms with van der Waals surface area (Å²) in [5, 5.41) is 0. The third kappa shape index (κ3) is 2.89. The van der Waals surface area contributed by atoms with Crippen LogP contribution in [0, 0.1) is 34.5 Å². The maximum Gasteiger partial charge on any atom is 0.302 e. The molecule has 1 spiro atoms. The molecule has 172 valence electrons. The van der Waals surface area contributed by atoms with Crippen molar-refractivity contribution in [2.75, 3.05) is 0 Å². The Labute approximate surface area is 184 Å². The van der Waals surface area contributed by atoms with Crippen molar-refractivity contribution in [3.63, 3.8) is 0 Å². The first-order chi connectivity index (χ1) is 14.5. The van der Waals surface area contributed by atoms with Crippen molar-refractivity contribution in [3.8, 4) is 0 Å². The lowest BCUT2D eigenvalue weighted by Crippen LogP contribution is -2.63. The molecule has 4 saturated carbocycles. The minimum Gasteiger partial charge on any atom is -0.462 e. The summed E-state index contributed by atoms with van der Waals surface area (Å²) in [7, 11) is 0. The highest BCUT2D eigenvalue weighted by Gasteiger charge is 2.78. The Hall–Kier alpha value is -1.43.